The Hall–Kier alpha value is -2.63. The summed E-state index contributed by atoms with van der Waals surface area (Å²) >= 11 is 0. The lowest BCUT2D eigenvalue weighted by molar-refractivity contribution is -0.118. The van der Waals surface area contributed by atoms with Crippen LogP contribution in [0.25, 0.3) is 0 Å². The number of aryl methyl sites for hydroxylation is 1. The molecule has 1 N–H and O–H groups in total. The van der Waals surface area contributed by atoms with Gasteiger partial charge in [-0.2, -0.15) is 4.98 Å². The van der Waals surface area contributed by atoms with Gasteiger partial charge in [-0.05, 0) is 19.4 Å². The van der Waals surface area contributed by atoms with Gasteiger partial charge in [-0.1, -0.05) is 18.2 Å². The zero-order valence-corrected chi connectivity index (χ0v) is 12.5. The fraction of sp³-hybridized carbons (Fsp3) is 0.312. The van der Waals surface area contributed by atoms with Crippen LogP contribution in [0.15, 0.2) is 30.3 Å². The quantitative estimate of drug-likeness (QED) is 0.941. The number of methoxy groups -OCH3 is 1. The molecule has 1 atom stereocenters. The van der Waals surface area contributed by atoms with Crippen LogP contribution in [0.2, 0.25) is 0 Å². The zero-order chi connectivity index (χ0) is 15.5. The molecule has 1 aliphatic rings. The maximum absolute atomic E-state index is 12.6. The van der Waals surface area contributed by atoms with Crippen molar-refractivity contribution in [3.63, 3.8) is 0 Å². The number of hydrogen-bond donors (Lipinski definition) is 1. The molecule has 0 fully saturated rings. The molecule has 0 unspecified atom stereocenters. The Labute approximate surface area is 128 Å². The van der Waals surface area contributed by atoms with Crippen LogP contribution >= 0.6 is 0 Å². The van der Waals surface area contributed by atoms with Crippen LogP contribution in [-0.4, -0.2) is 29.6 Å². The smallest absolute Gasteiger partial charge is 0.234 e. The predicted molar refractivity (Wildman–Crippen MR) is 81.2 cm³/mol. The highest BCUT2D eigenvalue weighted by Crippen LogP contribution is 2.33. The van der Waals surface area contributed by atoms with Gasteiger partial charge in [-0.15, -0.1) is 0 Å². The second-order valence-electron chi connectivity index (χ2n) is 5.09. The number of carbonyl (C=O) groups is 1. The van der Waals surface area contributed by atoms with E-state index in [1.807, 2.05) is 31.2 Å². The van der Waals surface area contributed by atoms with Gasteiger partial charge in [0.15, 0.2) is 0 Å². The van der Waals surface area contributed by atoms with E-state index in [0.717, 1.165) is 17.0 Å². The van der Waals surface area contributed by atoms with Gasteiger partial charge < -0.3 is 9.47 Å². The van der Waals surface area contributed by atoms with E-state index in [4.69, 9.17) is 9.47 Å². The summed E-state index contributed by atoms with van der Waals surface area (Å²) in [4.78, 5) is 20.9. The summed E-state index contributed by atoms with van der Waals surface area (Å²) in [5.41, 5.74) is 1.63. The average Bonchev–Trinajstić information content (AvgIpc) is 2.53. The van der Waals surface area contributed by atoms with Gasteiger partial charge in [0.25, 0.3) is 0 Å². The van der Waals surface area contributed by atoms with Gasteiger partial charge in [-0.25, -0.2) is 4.98 Å². The highest BCUT2D eigenvalue weighted by atomic mass is 16.5. The topological polar surface area (TPSA) is 73.3 Å². The first-order valence-corrected chi connectivity index (χ1v) is 7.09. The fourth-order valence-electron chi connectivity index (χ4n) is 2.51. The van der Waals surface area contributed by atoms with Crippen molar-refractivity contribution >= 4 is 11.9 Å². The largest absolute Gasteiger partial charge is 0.493 e. The van der Waals surface area contributed by atoms with Gasteiger partial charge in [0, 0.05) is 17.3 Å². The van der Waals surface area contributed by atoms with Gasteiger partial charge in [0.2, 0.25) is 17.7 Å². The van der Waals surface area contributed by atoms with E-state index in [1.165, 1.54) is 7.11 Å². The van der Waals surface area contributed by atoms with Crippen LogP contribution < -0.4 is 14.8 Å². The van der Waals surface area contributed by atoms with Gasteiger partial charge in [-0.3, -0.25) is 10.1 Å². The zero-order valence-electron chi connectivity index (χ0n) is 12.5. The number of para-hydroxylation sites is 1. The van der Waals surface area contributed by atoms with Crippen molar-refractivity contribution in [3.05, 3.63) is 41.6 Å². The summed E-state index contributed by atoms with van der Waals surface area (Å²) in [5, 5.41) is 2.77. The molecule has 0 saturated carbocycles. The highest BCUT2D eigenvalue weighted by Gasteiger charge is 2.28. The number of anilines is 1. The number of amides is 1. The lowest BCUT2D eigenvalue weighted by atomic mass is 9.92. The SMILES string of the molecule is COc1cc(C)nc(NC(=O)[C@H]2CCOc3ccccc32)n1. The minimum atomic E-state index is -0.264. The number of carbonyl (C=O) groups excluding carboxylic acids is 1. The third-order valence-electron chi connectivity index (χ3n) is 3.55. The van der Waals surface area contributed by atoms with Gasteiger partial charge in [0.05, 0.1) is 19.6 Å². The third kappa shape index (κ3) is 2.86. The number of ether oxygens (including phenoxy) is 2. The number of aromatic nitrogens is 2. The van der Waals surface area contributed by atoms with Crippen molar-refractivity contribution in [2.24, 2.45) is 0 Å². The minimum absolute atomic E-state index is 0.136. The second kappa shape index (κ2) is 6.01. The van der Waals surface area contributed by atoms with Crippen molar-refractivity contribution < 1.29 is 14.3 Å². The predicted octanol–water partition coefficient (Wildman–Crippen LogP) is 2.30. The van der Waals surface area contributed by atoms with Crippen LogP contribution in [-0.2, 0) is 4.79 Å². The first-order chi connectivity index (χ1) is 10.7. The van der Waals surface area contributed by atoms with Crippen molar-refractivity contribution in [3.8, 4) is 11.6 Å². The van der Waals surface area contributed by atoms with Crippen molar-refractivity contribution in [1.82, 2.24) is 9.97 Å². The number of nitrogens with zero attached hydrogens (tertiary/aromatic N) is 2. The Morgan fingerprint density at radius 2 is 2.18 bits per heavy atom. The molecule has 6 nitrogen and oxygen atoms in total. The molecule has 0 bridgehead atoms. The molecule has 22 heavy (non-hydrogen) atoms. The van der Waals surface area contributed by atoms with Crippen LogP contribution in [0.5, 0.6) is 11.6 Å². The van der Waals surface area contributed by atoms with E-state index < -0.39 is 0 Å². The van der Waals surface area contributed by atoms with Gasteiger partial charge in [0.1, 0.15) is 5.75 Å². The van der Waals surface area contributed by atoms with E-state index in [9.17, 15) is 4.79 Å². The first kappa shape index (κ1) is 14.3. The summed E-state index contributed by atoms with van der Waals surface area (Å²) in [6.07, 6.45) is 0.631. The van der Waals surface area contributed by atoms with E-state index in [1.54, 1.807) is 6.07 Å². The Balaban J connectivity index is 1.82. The molecule has 1 aromatic heterocycles. The molecular formula is C16H17N3O3. The summed E-state index contributed by atoms with van der Waals surface area (Å²) in [6, 6.07) is 9.30. The van der Waals surface area contributed by atoms with Crippen LogP contribution in [0.4, 0.5) is 5.95 Å². The lowest BCUT2D eigenvalue weighted by Crippen LogP contribution is -2.27. The molecule has 114 valence electrons. The third-order valence-corrected chi connectivity index (χ3v) is 3.55. The molecule has 1 amide bonds. The standard InChI is InChI=1S/C16H17N3O3/c1-10-9-14(21-2)18-16(17-10)19-15(20)12-7-8-22-13-6-4-3-5-11(12)13/h3-6,9,12H,7-8H2,1-2H3,(H,17,18,19,20)/t12-/m0/s1. The van der Waals surface area contributed by atoms with Crippen LogP contribution in [0, 0.1) is 6.92 Å². The Morgan fingerprint density at radius 3 is 3.00 bits per heavy atom. The summed E-state index contributed by atoms with van der Waals surface area (Å²) in [7, 11) is 1.53. The average molecular weight is 299 g/mol. The number of fused-ring (bicyclic) bond motifs is 1. The minimum Gasteiger partial charge on any atom is -0.493 e. The summed E-state index contributed by atoms with van der Waals surface area (Å²) in [5.74, 6) is 1.04. The maximum Gasteiger partial charge on any atom is 0.234 e. The first-order valence-electron chi connectivity index (χ1n) is 7.09. The monoisotopic (exact) mass is 299 g/mol. The molecular weight excluding hydrogens is 282 g/mol. The summed E-state index contributed by atoms with van der Waals surface area (Å²) in [6.45, 7) is 2.34. The molecule has 3 rings (SSSR count). The van der Waals surface area contributed by atoms with Crippen LogP contribution in [0.1, 0.15) is 23.6 Å². The lowest BCUT2D eigenvalue weighted by Gasteiger charge is -2.24. The van der Waals surface area contributed by atoms with E-state index in [-0.39, 0.29) is 17.8 Å². The molecule has 1 aromatic carbocycles. The fourth-order valence-corrected chi connectivity index (χ4v) is 2.51. The van der Waals surface area contributed by atoms with Crippen molar-refractivity contribution in [1.29, 1.82) is 0 Å². The van der Waals surface area contributed by atoms with E-state index in [2.05, 4.69) is 15.3 Å². The Kier molecular flexibility index (Phi) is 3.91. The highest BCUT2D eigenvalue weighted by molar-refractivity contribution is 5.95. The van der Waals surface area contributed by atoms with Gasteiger partial charge >= 0.3 is 0 Å². The number of rotatable bonds is 3. The Morgan fingerprint density at radius 1 is 1.36 bits per heavy atom. The molecule has 0 aliphatic carbocycles. The number of nitrogens with one attached hydrogen (secondary N) is 1. The molecule has 2 heterocycles. The molecule has 0 saturated heterocycles. The summed E-state index contributed by atoms with van der Waals surface area (Å²) < 4.78 is 10.7. The molecule has 6 heteroatoms. The normalized spacial score (nSPS) is 16.4. The van der Waals surface area contributed by atoms with E-state index >= 15 is 0 Å². The number of benzene rings is 1. The Bertz CT molecular complexity index is 703. The molecule has 2 aromatic rings. The maximum atomic E-state index is 12.6. The second-order valence-corrected chi connectivity index (χ2v) is 5.09. The van der Waals surface area contributed by atoms with Crippen molar-refractivity contribution in [2.45, 2.75) is 19.3 Å². The van der Waals surface area contributed by atoms with E-state index in [0.29, 0.717) is 18.9 Å². The van der Waals surface area contributed by atoms with Crippen molar-refractivity contribution in [2.75, 3.05) is 19.0 Å². The van der Waals surface area contributed by atoms with Crippen LogP contribution in [0.3, 0.4) is 0 Å². The molecule has 0 radical (unpaired) electrons. The molecule has 0 spiro atoms. The number of hydrogen-bond acceptors (Lipinski definition) is 5. The molecule has 1 aliphatic heterocycles.